The van der Waals surface area contributed by atoms with Crippen molar-refractivity contribution in [3.8, 4) is 5.75 Å². The number of ether oxygens (including phenoxy) is 2. The first kappa shape index (κ1) is 24.9. The number of carboxylic acid groups (broad SMARTS) is 1. The molecule has 1 aromatic heterocycles. The summed E-state index contributed by atoms with van der Waals surface area (Å²) in [5.74, 6) is 0.642. The summed E-state index contributed by atoms with van der Waals surface area (Å²) in [6, 6.07) is 7.20. The third kappa shape index (κ3) is 5.57. The van der Waals surface area contributed by atoms with Crippen molar-refractivity contribution in [1.82, 2.24) is 10.0 Å². The molecular formula is C24H29N3O7S. The summed E-state index contributed by atoms with van der Waals surface area (Å²) in [5, 5.41) is 10.5. The molecule has 1 fully saturated rings. The predicted molar refractivity (Wildman–Crippen MR) is 127 cm³/mol. The fourth-order valence-electron chi connectivity index (χ4n) is 4.93. The molecule has 1 saturated carbocycles. The summed E-state index contributed by atoms with van der Waals surface area (Å²) in [7, 11) is -2.30. The summed E-state index contributed by atoms with van der Waals surface area (Å²) < 4.78 is 36.9. The van der Waals surface area contributed by atoms with E-state index in [1.165, 1.54) is 17.7 Å². The van der Waals surface area contributed by atoms with Crippen molar-refractivity contribution >= 4 is 21.8 Å². The number of hydrogen-bond acceptors (Lipinski definition) is 9. The van der Waals surface area contributed by atoms with Crippen LogP contribution in [0.4, 0.5) is 4.79 Å². The van der Waals surface area contributed by atoms with Gasteiger partial charge in [-0.25, -0.2) is 23.1 Å². The van der Waals surface area contributed by atoms with Crippen molar-refractivity contribution in [3.05, 3.63) is 53.3 Å². The van der Waals surface area contributed by atoms with Crippen LogP contribution in [-0.2, 0) is 19.4 Å². The molecule has 2 heterocycles. The van der Waals surface area contributed by atoms with Gasteiger partial charge in [0.1, 0.15) is 17.3 Å². The van der Waals surface area contributed by atoms with E-state index < -0.39 is 28.2 Å². The van der Waals surface area contributed by atoms with Crippen molar-refractivity contribution < 1.29 is 32.6 Å². The molecule has 1 aliphatic carbocycles. The van der Waals surface area contributed by atoms with Gasteiger partial charge in [0.05, 0.1) is 18.0 Å². The molecule has 0 saturated heterocycles. The van der Waals surface area contributed by atoms with Crippen LogP contribution in [0.15, 0.2) is 46.5 Å². The molecule has 11 heteroatoms. The average Bonchev–Trinajstić information content (AvgIpc) is 3.19. The number of aryl methyl sites for hydroxylation is 2. The van der Waals surface area contributed by atoms with Gasteiger partial charge in [0.25, 0.3) is 0 Å². The van der Waals surface area contributed by atoms with E-state index in [1.54, 1.807) is 38.4 Å². The molecule has 1 N–H and O–H groups in total. The first-order valence-corrected chi connectivity index (χ1v) is 13.0. The highest BCUT2D eigenvalue weighted by Gasteiger charge is 2.39. The van der Waals surface area contributed by atoms with Crippen LogP contribution in [0.5, 0.6) is 5.75 Å². The largest absolute Gasteiger partial charge is 0.509 e. The molecule has 0 bridgehead atoms. The highest BCUT2D eigenvalue weighted by molar-refractivity contribution is 7.92. The Morgan fingerprint density at radius 1 is 1.14 bits per heavy atom. The molecule has 1 unspecified atom stereocenters. The second-order valence-corrected chi connectivity index (χ2v) is 10.7. The van der Waals surface area contributed by atoms with Crippen LogP contribution in [-0.4, -0.2) is 60.9 Å². The molecular weight excluding hydrogens is 474 g/mol. The van der Waals surface area contributed by atoms with E-state index in [1.807, 2.05) is 12.1 Å². The van der Waals surface area contributed by atoms with Crippen molar-refractivity contribution in [2.75, 3.05) is 12.9 Å². The number of hydroxylamine groups is 2. The topological polar surface area (TPSA) is 128 Å². The Morgan fingerprint density at radius 3 is 2.34 bits per heavy atom. The van der Waals surface area contributed by atoms with E-state index in [2.05, 4.69) is 9.98 Å². The Morgan fingerprint density at radius 2 is 1.77 bits per heavy atom. The van der Waals surface area contributed by atoms with Crippen LogP contribution >= 0.6 is 0 Å². The van der Waals surface area contributed by atoms with Gasteiger partial charge in [-0.05, 0) is 86.4 Å². The lowest BCUT2D eigenvalue weighted by Crippen LogP contribution is -2.42. The number of amidine groups is 1. The van der Waals surface area contributed by atoms with E-state index >= 15 is 0 Å². The number of aromatic nitrogens is 1. The van der Waals surface area contributed by atoms with Gasteiger partial charge < -0.3 is 14.6 Å². The number of methoxy groups -OCH3 is 1. The zero-order valence-electron chi connectivity index (χ0n) is 19.9. The minimum atomic E-state index is -3.83. The van der Waals surface area contributed by atoms with Gasteiger partial charge in [-0.2, -0.15) is 4.99 Å². The molecule has 4 rings (SSSR count). The molecule has 2 aromatic rings. The van der Waals surface area contributed by atoms with Gasteiger partial charge in [0.2, 0.25) is 0 Å². The molecule has 188 valence electrons. The number of rotatable bonds is 7. The number of carbonyl (C=O) groups is 1. The van der Waals surface area contributed by atoms with Gasteiger partial charge in [-0.1, -0.05) is 0 Å². The molecule has 1 aliphatic heterocycles. The van der Waals surface area contributed by atoms with Gasteiger partial charge in [0, 0.05) is 12.4 Å². The molecule has 2 aliphatic rings. The van der Waals surface area contributed by atoms with Crippen LogP contribution < -0.4 is 4.74 Å². The van der Waals surface area contributed by atoms with E-state index in [0.717, 1.165) is 25.7 Å². The summed E-state index contributed by atoms with van der Waals surface area (Å²) in [6.45, 7) is 3.42. The van der Waals surface area contributed by atoms with Crippen molar-refractivity contribution in [1.29, 1.82) is 0 Å². The van der Waals surface area contributed by atoms with Crippen molar-refractivity contribution in [2.24, 2.45) is 4.99 Å². The van der Waals surface area contributed by atoms with E-state index in [-0.39, 0.29) is 16.8 Å². The highest BCUT2D eigenvalue weighted by Crippen LogP contribution is 2.36. The maximum Gasteiger partial charge on any atom is 0.509 e. The smallest absolute Gasteiger partial charge is 0.497 e. The van der Waals surface area contributed by atoms with Crippen LogP contribution in [0, 0.1) is 13.8 Å². The van der Waals surface area contributed by atoms with Gasteiger partial charge >= 0.3 is 12.6 Å². The fourth-order valence-corrected chi connectivity index (χ4v) is 6.72. The maximum atomic E-state index is 13.5. The molecule has 35 heavy (non-hydrogen) atoms. The lowest BCUT2D eigenvalue weighted by molar-refractivity contribution is -0.225. The quantitative estimate of drug-likeness (QED) is 0.561. The lowest BCUT2D eigenvalue weighted by Gasteiger charge is -2.35. The Labute approximate surface area is 204 Å². The minimum Gasteiger partial charge on any atom is -0.497 e. The lowest BCUT2D eigenvalue weighted by atomic mass is 9.82. The number of hydrogen-bond donors (Lipinski definition) is 1. The normalized spacial score (nSPS) is 22.5. The molecule has 0 radical (unpaired) electrons. The Balaban J connectivity index is 1.55. The molecule has 0 amide bonds. The van der Waals surface area contributed by atoms with Gasteiger partial charge in [-0.15, -0.1) is 0 Å². The third-order valence-electron chi connectivity index (χ3n) is 6.42. The average molecular weight is 504 g/mol. The summed E-state index contributed by atoms with van der Waals surface area (Å²) in [4.78, 5) is 25.2. The number of sulfone groups is 1. The van der Waals surface area contributed by atoms with E-state index in [9.17, 15) is 13.2 Å². The summed E-state index contributed by atoms with van der Waals surface area (Å²) in [5.41, 5.74) is 2.34. The Bertz CT molecular complexity index is 1190. The van der Waals surface area contributed by atoms with Crippen molar-refractivity contribution in [2.45, 2.75) is 62.8 Å². The number of pyridine rings is 1. The van der Waals surface area contributed by atoms with Crippen LogP contribution in [0.25, 0.3) is 0 Å². The maximum absolute atomic E-state index is 13.5. The second-order valence-electron chi connectivity index (χ2n) is 8.80. The third-order valence-corrected chi connectivity index (χ3v) is 8.32. The summed E-state index contributed by atoms with van der Waals surface area (Å²) >= 11 is 0. The minimum absolute atomic E-state index is 0.137. The zero-order valence-corrected chi connectivity index (χ0v) is 20.7. The van der Waals surface area contributed by atoms with Crippen molar-refractivity contribution in [3.63, 3.8) is 0 Å². The first-order valence-electron chi connectivity index (χ1n) is 11.4. The van der Waals surface area contributed by atoms with Gasteiger partial charge in [0.15, 0.2) is 9.84 Å². The molecule has 0 spiro atoms. The molecule has 10 nitrogen and oxygen atoms in total. The fraction of sp³-hybridized carbons (Fsp3) is 0.458. The standard InChI is InChI=1S/C24H29N3O7S/c1-15-12-20(32-3)13-16(2)22(15)35(30,31)14-21-26-23(33-24(28)29)34-27(21)19-6-4-17(5-7-19)18-8-10-25-11-9-18/h8-13,17,19,23H,4-7,14H2,1-3H3,(H,28,29). The number of nitrogens with zero attached hydrogens (tertiary/aromatic N) is 3. The van der Waals surface area contributed by atoms with Crippen LogP contribution in [0.3, 0.4) is 0 Å². The summed E-state index contributed by atoms with van der Waals surface area (Å²) in [6.07, 6.45) is 3.76. The number of benzene rings is 1. The monoisotopic (exact) mass is 503 g/mol. The van der Waals surface area contributed by atoms with Gasteiger partial charge in [-0.3, -0.25) is 4.98 Å². The number of aliphatic imine (C=N–C) groups is 1. The molecule has 1 atom stereocenters. The zero-order chi connectivity index (χ0) is 25.2. The first-order chi connectivity index (χ1) is 16.7. The van der Waals surface area contributed by atoms with E-state index in [0.29, 0.717) is 22.8 Å². The Hall–Kier alpha value is -3.18. The predicted octanol–water partition coefficient (Wildman–Crippen LogP) is 3.83. The Kier molecular flexibility index (Phi) is 7.27. The van der Waals surface area contributed by atoms with Crippen LogP contribution in [0.2, 0.25) is 0 Å². The molecule has 1 aromatic carbocycles. The SMILES string of the molecule is COc1cc(C)c(S(=O)(=O)CC2=NC(OC(=O)O)ON2C2CCC(c3ccncc3)CC2)c(C)c1. The van der Waals surface area contributed by atoms with E-state index in [4.69, 9.17) is 19.4 Å². The second kappa shape index (κ2) is 10.2. The highest BCUT2D eigenvalue weighted by atomic mass is 32.2. The van der Waals surface area contributed by atoms with Crippen LogP contribution in [0.1, 0.15) is 48.3 Å².